The number of benzene rings is 2. The maximum atomic E-state index is 12.7. The topological polar surface area (TPSA) is 82.9 Å². The van der Waals surface area contributed by atoms with Crippen molar-refractivity contribution in [3.05, 3.63) is 70.8 Å². The molecule has 1 aliphatic rings. The third kappa shape index (κ3) is 6.82. The second-order valence-electron chi connectivity index (χ2n) is 7.42. The summed E-state index contributed by atoms with van der Waals surface area (Å²) in [7, 11) is 0. The van der Waals surface area contributed by atoms with E-state index in [2.05, 4.69) is 0 Å². The Balaban J connectivity index is 1.59. The number of ether oxygens (including phenoxy) is 2. The predicted octanol–water partition coefficient (Wildman–Crippen LogP) is 3.70. The zero-order valence-electron chi connectivity index (χ0n) is 18.4. The SMILES string of the molecule is CCOC(=O)C(c1ccc(Cl)cc1)N1CCN(C(=O)/C=C/c2ccc(OCC#N)cc2)CC1. The molecule has 0 N–H and O–H groups in total. The first kappa shape index (κ1) is 24.3. The van der Waals surface area contributed by atoms with Crippen LogP contribution in [0.25, 0.3) is 6.08 Å². The van der Waals surface area contributed by atoms with E-state index in [9.17, 15) is 9.59 Å². The standard InChI is InChI=1S/C25H26ClN3O4/c1-2-32-25(31)24(20-6-8-21(26)9-7-20)29-16-14-28(15-17-29)23(30)12-5-19-3-10-22(11-4-19)33-18-13-27/h3-12,24H,2,14-18H2,1H3/b12-5+. The molecular weight excluding hydrogens is 442 g/mol. The summed E-state index contributed by atoms with van der Waals surface area (Å²) >= 11 is 6.00. The molecule has 1 fully saturated rings. The Morgan fingerprint density at radius 2 is 1.76 bits per heavy atom. The van der Waals surface area contributed by atoms with Crippen LogP contribution < -0.4 is 4.74 Å². The van der Waals surface area contributed by atoms with E-state index in [1.165, 1.54) is 0 Å². The molecule has 2 aromatic rings. The van der Waals surface area contributed by atoms with Crippen molar-refractivity contribution in [2.24, 2.45) is 0 Å². The Hall–Kier alpha value is -3.34. The number of carbonyl (C=O) groups is 2. The number of carbonyl (C=O) groups excluding carboxylic acids is 2. The Morgan fingerprint density at radius 1 is 1.09 bits per heavy atom. The van der Waals surface area contributed by atoms with E-state index in [-0.39, 0.29) is 18.5 Å². The van der Waals surface area contributed by atoms with Gasteiger partial charge in [0.25, 0.3) is 0 Å². The van der Waals surface area contributed by atoms with Crippen LogP contribution in [0.1, 0.15) is 24.1 Å². The number of amides is 1. The van der Waals surface area contributed by atoms with Crippen molar-refractivity contribution in [1.29, 1.82) is 5.26 Å². The molecule has 0 saturated carbocycles. The van der Waals surface area contributed by atoms with Crippen LogP contribution in [0.5, 0.6) is 5.75 Å². The smallest absolute Gasteiger partial charge is 0.328 e. The largest absolute Gasteiger partial charge is 0.479 e. The summed E-state index contributed by atoms with van der Waals surface area (Å²) in [5.41, 5.74) is 1.68. The number of hydrogen-bond donors (Lipinski definition) is 0. The summed E-state index contributed by atoms with van der Waals surface area (Å²) in [6.45, 7) is 4.20. The maximum Gasteiger partial charge on any atom is 0.328 e. The summed E-state index contributed by atoms with van der Waals surface area (Å²) in [4.78, 5) is 29.1. The molecule has 1 heterocycles. The van der Waals surface area contributed by atoms with Crippen LogP contribution in [-0.2, 0) is 14.3 Å². The minimum Gasteiger partial charge on any atom is -0.479 e. The lowest BCUT2D eigenvalue weighted by atomic mass is 10.0. The first-order valence-electron chi connectivity index (χ1n) is 10.7. The average Bonchev–Trinajstić information content (AvgIpc) is 2.84. The fourth-order valence-electron chi connectivity index (χ4n) is 3.63. The van der Waals surface area contributed by atoms with Crippen molar-refractivity contribution in [1.82, 2.24) is 9.80 Å². The summed E-state index contributed by atoms with van der Waals surface area (Å²) in [5, 5.41) is 9.16. The number of rotatable bonds is 8. The molecule has 0 radical (unpaired) electrons. The second kappa shape index (κ2) is 12.0. The third-order valence-electron chi connectivity index (χ3n) is 5.29. The molecule has 1 aliphatic heterocycles. The molecule has 1 atom stereocenters. The monoisotopic (exact) mass is 467 g/mol. The lowest BCUT2D eigenvalue weighted by Crippen LogP contribution is -2.50. The summed E-state index contributed by atoms with van der Waals surface area (Å²) < 4.78 is 10.5. The quantitative estimate of drug-likeness (QED) is 0.435. The number of piperazine rings is 1. The average molecular weight is 468 g/mol. The lowest BCUT2D eigenvalue weighted by Gasteiger charge is -2.38. The molecule has 0 aliphatic carbocycles. The highest BCUT2D eigenvalue weighted by molar-refractivity contribution is 6.30. The lowest BCUT2D eigenvalue weighted by molar-refractivity contribution is -0.151. The maximum absolute atomic E-state index is 12.7. The van der Waals surface area contributed by atoms with Gasteiger partial charge >= 0.3 is 5.97 Å². The van der Waals surface area contributed by atoms with Gasteiger partial charge in [-0.2, -0.15) is 5.26 Å². The summed E-state index contributed by atoms with van der Waals surface area (Å²) in [6.07, 6.45) is 3.29. The van der Waals surface area contributed by atoms with E-state index in [0.29, 0.717) is 43.6 Å². The Morgan fingerprint density at radius 3 is 2.36 bits per heavy atom. The van der Waals surface area contributed by atoms with Crippen molar-refractivity contribution >= 4 is 29.6 Å². The molecule has 0 aromatic heterocycles. The molecule has 3 rings (SSSR count). The van der Waals surface area contributed by atoms with Gasteiger partial charge < -0.3 is 14.4 Å². The molecule has 0 bridgehead atoms. The Kier molecular flexibility index (Phi) is 8.87. The van der Waals surface area contributed by atoms with Crippen LogP contribution in [0.3, 0.4) is 0 Å². The van der Waals surface area contributed by atoms with E-state index >= 15 is 0 Å². The zero-order valence-corrected chi connectivity index (χ0v) is 19.2. The fraction of sp³-hybridized carbons (Fsp3) is 0.320. The summed E-state index contributed by atoms with van der Waals surface area (Å²) in [6, 6.07) is 15.7. The van der Waals surface area contributed by atoms with Crippen LogP contribution in [-0.4, -0.2) is 61.1 Å². The Bertz CT molecular complexity index is 1010. The third-order valence-corrected chi connectivity index (χ3v) is 5.54. The highest BCUT2D eigenvalue weighted by Crippen LogP contribution is 2.25. The van der Waals surface area contributed by atoms with Gasteiger partial charge in [-0.3, -0.25) is 9.69 Å². The van der Waals surface area contributed by atoms with E-state index in [0.717, 1.165) is 11.1 Å². The van der Waals surface area contributed by atoms with Crippen LogP contribution in [0, 0.1) is 11.3 Å². The van der Waals surface area contributed by atoms with Gasteiger partial charge in [0, 0.05) is 37.3 Å². The zero-order chi connectivity index (χ0) is 23.6. The van der Waals surface area contributed by atoms with E-state index in [1.54, 1.807) is 48.2 Å². The summed E-state index contributed by atoms with van der Waals surface area (Å²) in [5.74, 6) is 0.216. The number of nitriles is 1. The van der Waals surface area contributed by atoms with Crippen molar-refractivity contribution in [2.45, 2.75) is 13.0 Å². The highest BCUT2D eigenvalue weighted by Gasteiger charge is 2.32. The van der Waals surface area contributed by atoms with Crippen molar-refractivity contribution in [2.75, 3.05) is 39.4 Å². The first-order valence-corrected chi connectivity index (χ1v) is 11.1. The van der Waals surface area contributed by atoms with Gasteiger partial charge in [0.2, 0.25) is 5.91 Å². The first-order chi connectivity index (χ1) is 16.0. The number of halogens is 1. The molecule has 172 valence electrons. The highest BCUT2D eigenvalue weighted by atomic mass is 35.5. The van der Waals surface area contributed by atoms with Crippen LogP contribution in [0.15, 0.2) is 54.6 Å². The van der Waals surface area contributed by atoms with Gasteiger partial charge in [0.15, 0.2) is 6.61 Å². The molecule has 0 spiro atoms. The molecular formula is C25H26ClN3O4. The molecule has 1 unspecified atom stereocenters. The van der Waals surface area contributed by atoms with Crippen molar-refractivity contribution < 1.29 is 19.1 Å². The molecule has 2 aromatic carbocycles. The molecule has 1 saturated heterocycles. The number of esters is 1. The van der Waals surface area contributed by atoms with Crippen molar-refractivity contribution in [3.63, 3.8) is 0 Å². The van der Waals surface area contributed by atoms with Crippen LogP contribution in [0.2, 0.25) is 5.02 Å². The van der Waals surface area contributed by atoms with E-state index < -0.39 is 6.04 Å². The van der Waals surface area contributed by atoms with Gasteiger partial charge in [-0.25, -0.2) is 4.79 Å². The van der Waals surface area contributed by atoms with Crippen LogP contribution in [0.4, 0.5) is 0 Å². The van der Waals surface area contributed by atoms with Gasteiger partial charge in [0.1, 0.15) is 17.9 Å². The van der Waals surface area contributed by atoms with E-state index in [4.69, 9.17) is 26.3 Å². The van der Waals surface area contributed by atoms with Gasteiger partial charge in [-0.15, -0.1) is 0 Å². The van der Waals surface area contributed by atoms with Crippen LogP contribution >= 0.6 is 11.6 Å². The normalized spacial score (nSPS) is 15.1. The fourth-order valence-corrected chi connectivity index (χ4v) is 3.75. The van der Waals surface area contributed by atoms with E-state index in [1.807, 2.05) is 35.2 Å². The number of hydrogen-bond acceptors (Lipinski definition) is 6. The minimum absolute atomic E-state index is 0.00527. The van der Waals surface area contributed by atoms with Gasteiger partial charge in [0.05, 0.1) is 6.61 Å². The molecule has 7 nitrogen and oxygen atoms in total. The van der Waals surface area contributed by atoms with Crippen molar-refractivity contribution in [3.8, 4) is 11.8 Å². The van der Waals surface area contributed by atoms with Gasteiger partial charge in [-0.1, -0.05) is 35.9 Å². The number of nitrogens with zero attached hydrogens (tertiary/aromatic N) is 3. The molecule has 8 heteroatoms. The van der Waals surface area contributed by atoms with Gasteiger partial charge in [-0.05, 0) is 48.4 Å². The molecule has 1 amide bonds. The minimum atomic E-state index is -0.531. The molecule has 33 heavy (non-hydrogen) atoms. The second-order valence-corrected chi connectivity index (χ2v) is 7.85. The Labute approximate surface area is 198 Å². The predicted molar refractivity (Wildman–Crippen MR) is 126 cm³/mol.